The fourth-order valence-corrected chi connectivity index (χ4v) is 6.02. The van der Waals surface area contributed by atoms with E-state index in [1.807, 2.05) is 25.1 Å². The molecule has 2 aliphatic heterocycles. The van der Waals surface area contributed by atoms with Crippen LogP contribution in [-0.2, 0) is 14.6 Å². The number of sulfone groups is 1. The minimum Gasteiger partial charge on any atom is -0.369 e. The summed E-state index contributed by atoms with van der Waals surface area (Å²) in [6.45, 7) is 8.40. The Balaban J connectivity index is 1.57. The molecule has 156 valence electrons. The number of carbonyl (C=O) groups is 1. The monoisotopic (exact) mass is 427 g/mol. The van der Waals surface area contributed by atoms with Crippen LogP contribution < -0.4 is 4.90 Å². The van der Waals surface area contributed by atoms with Crippen molar-refractivity contribution < 1.29 is 13.2 Å². The Kier molecular flexibility index (Phi) is 6.89. The van der Waals surface area contributed by atoms with Crippen molar-refractivity contribution in [2.45, 2.75) is 32.7 Å². The molecule has 3 rings (SSSR count). The van der Waals surface area contributed by atoms with Gasteiger partial charge in [0.1, 0.15) is 0 Å². The Labute approximate surface area is 173 Å². The second-order valence-electron chi connectivity index (χ2n) is 7.84. The SMILES string of the molecule is CCCN(C(=O)CN1CCN(c2cc(Cl)ccc2C)CC1)[C@@H]1CCS(=O)(=O)C1. The van der Waals surface area contributed by atoms with Crippen molar-refractivity contribution in [2.24, 2.45) is 0 Å². The third kappa shape index (κ3) is 5.19. The first-order chi connectivity index (χ1) is 13.3. The Bertz CT molecular complexity index is 807. The maximum atomic E-state index is 12.9. The minimum atomic E-state index is -3.00. The number of halogens is 1. The number of aryl methyl sites for hydroxylation is 1. The number of hydrogen-bond acceptors (Lipinski definition) is 5. The van der Waals surface area contributed by atoms with Gasteiger partial charge in [0, 0.05) is 49.5 Å². The van der Waals surface area contributed by atoms with Crippen molar-refractivity contribution in [3.8, 4) is 0 Å². The van der Waals surface area contributed by atoms with Gasteiger partial charge < -0.3 is 9.80 Å². The summed E-state index contributed by atoms with van der Waals surface area (Å²) in [5.74, 6) is 0.361. The third-order valence-electron chi connectivity index (χ3n) is 5.68. The summed E-state index contributed by atoms with van der Waals surface area (Å²) in [7, 11) is -3.00. The Morgan fingerprint density at radius 3 is 2.57 bits per heavy atom. The van der Waals surface area contributed by atoms with E-state index in [1.165, 1.54) is 5.56 Å². The Hall–Kier alpha value is -1.31. The molecule has 0 aliphatic carbocycles. The summed E-state index contributed by atoms with van der Waals surface area (Å²) < 4.78 is 23.6. The second-order valence-corrected chi connectivity index (χ2v) is 10.5. The molecule has 6 nitrogen and oxygen atoms in total. The highest BCUT2D eigenvalue weighted by atomic mass is 35.5. The largest absolute Gasteiger partial charge is 0.369 e. The van der Waals surface area contributed by atoms with E-state index in [0.29, 0.717) is 19.5 Å². The standard InChI is InChI=1S/C20H30ClN3O3S/c1-3-7-24(18-6-12-28(26,27)15-18)20(25)14-22-8-10-23(11-9-22)19-13-17(21)5-4-16(19)2/h4-5,13,18H,3,6-12,14-15H2,1-2H3/t18-/m1/s1. The predicted octanol–water partition coefficient (Wildman–Crippen LogP) is 2.20. The number of amides is 1. The van der Waals surface area contributed by atoms with Crippen LogP contribution in [0.25, 0.3) is 0 Å². The fraction of sp³-hybridized carbons (Fsp3) is 0.650. The van der Waals surface area contributed by atoms with Crippen molar-refractivity contribution in [1.29, 1.82) is 0 Å². The van der Waals surface area contributed by atoms with Gasteiger partial charge in [0.2, 0.25) is 5.91 Å². The molecule has 0 bridgehead atoms. The Morgan fingerprint density at radius 2 is 1.96 bits per heavy atom. The van der Waals surface area contributed by atoms with E-state index in [4.69, 9.17) is 11.6 Å². The molecule has 2 saturated heterocycles. The zero-order chi connectivity index (χ0) is 20.3. The topological polar surface area (TPSA) is 60.9 Å². The lowest BCUT2D eigenvalue weighted by Gasteiger charge is -2.38. The van der Waals surface area contributed by atoms with Gasteiger partial charge in [0.25, 0.3) is 0 Å². The highest BCUT2D eigenvalue weighted by molar-refractivity contribution is 7.91. The molecule has 1 atom stereocenters. The van der Waals surface area contributed by atoms with Crippen LogP contribution in [0, 0.1) is 6.92 Å². The number of piperazine rings is 1. The molecular weight excluding hydrogens is 398 g/mol. The van der Waals surface area contributed by atoms with Crippen LogP contribution in [0.15, 0.2) is 18.2 Å². The first-order valence-electron chi connectivity index (χ1n) is 10.0. The summed E-state index contributed by atoms with van der Waals surface area (Å²) in [6, 6.07) is 5.78. The van der Waals surface area contributed by atoms with E-state index in [1.54, 1.807) is 4.90 Å². The molecule has 0 saturated carbocycles. The molecule has 0 unspecified atom stereocenters. The van der Waals surface area contributed by atoms with Crippen LogP contribution in [0.5, 0.6) is 0 Å². The molecule has 0 aromatic heterocycles. The third-order valence-corrected chi connectivity index (χ3v) is 7.66. The lowest BCUT2D eigenvalue weighted by Crippen LogP contribution is -2.52. The lowest BCUT2D eigenvalue weighted by molar-refractivity contribution is -0.134. The molecule has 0 N–H and O–H groups in total. The summed E-state index contributed by atoms with van der Waals surface area (Å²) in [5.41, 5.74) is 2.35. The van der Waals surface area contributed by atoms with E-state index >= 15 is 0 Å². The summed E-state index contributed by atoms with van der Waals surface area (Å²) in [6.07, 6.45) is 1.40. The van der Waals surface area contributed by atoms with Crippen molar-refractivity contribution in [3.63, 3.8) is 0 Å². The second kappa shape index (κ2) is 9.01. The Morgan fingerprint density at radius 1 is 1.25 bits per heavy atom. The van der Waals surface area contributed by atoms with Gasteiger partial charge in [-0.05, 0) is 37.5 Å². The zero-order valence-electron chi connectivity index (χ0n) is 16.7. The average molecular weight is 428 g/mol. The van der Waals surface area contributed by atoms with Gasteiger partial charge in [-0.15, -0.1) is 0 Å². The molecule has 2 heterocycles. The van der Waals surface area contributed by atoms with E-state index in [2.05, 4.69) is 16.7 Å². The van der Waals surface area contributed by atoms with E-state index in [0.717, 1.165) is 43.3 Å². The number of carbonyl (C=O) groups excluding carboxylic acids is 1. The molecule has 28 heavy (non-hydrogen) atoms. The summed E-state index contributed by atoms with van der Waals surface area (Å²) >= 11 is 6.15. The number of anilines is 1. The van der Waals surface area contributed by atoms with E-state index in [9.17, 15) is 13.2 Å². The first-order valence-corrected chi connectivity index (χ1v) is 12.2. The number of hydrogen-bond donors (Lipinski definition) is 0. The maximum Gasteiger partial charge on any atom is 0.237 e. The van der Waals surface area contributed by atoms with Crippen LogP contribution in [0.1, 0.15) is 25.3 Å². The van der Waals surface area contributed by atoms with Crippen LogP contribution in [-0.4, -0.2) is 80.9 Å². The van der Waals surface area contributed by atoms with Crippen LogP contribution >= 0.6 is 11.6 Å². The summed E-state index contributed by atoms with van der Waals surface area (Å²) in [5, 5.41) is 0.736. The van der Waals surface area contributed by atoms with E-state index in [-0.39, 0.29) is 23.5 Å². The molecule has 2 aliphatic rings. The van der Waals surface area contributed by atoms with Gasteiger partial charge in [-0.2, -0.15) is 0 Å². The van der Waals surface area contributed by atoms with Gasteiger partial charge >= 0.3 is 0 Å². The maximum absolute atomic E-state index is 12.9. The van der Waals surface area contributed by atoms with Crippen molar-refractivity contribution in [2.75, 3.05) is 55.7 Å². The molecule has 0 spiro atoms. The predicted molar refractivity (Wildman–Crippen MR) is 114 cm³/mol. The molecule has 1 amide bonds. The molecule has 2 fully saturated rings. The van der Waals surface area contributed by atoms with Crippen molar-refractivity contribution in [1.82, 2.24) is 9.80 Å². The molecular formula is C20H30ClN3O3S. The molecule has 1 aromatic rings. The average Bonchev–Trinajstić information content (AvgIpc) is 3.01. The molecule has 0 radical (unpaired) electrons. The van der Waals surface area contributed by atoms with Crippen LogP contribution in [0.4, 0.5) is 5.69 Å². The molecule has 1 aromatic carbocycles. The highest BCUT2D eigenvalue weighted by Gasteiger charge is 2.34. The van der Waals surface area contributed by atoms with Crippen LogP contribution in [0.2, 0.25) is 5.02 Å². The van der Waals surface area contributed by atoms with Gasteiger partial charge in [0.05, 0.1) is 18.1 Å². The first kappa shape index (κ1) is 21.4. The number of nitrogens with zero attached hydrogens (tertiary/aromatic N) is 3. The van der Waals surface area contributed by atoms with Crippen LogP contribution in [0.3, 0.4) is 0 Å². The smallest absolute Gasteiger partial charge is 0.237 e. The van der Waals surface area contributed by atoms with E-state index < -0.39 is 9.84 Å². The van der Waals surface area contributed by atoms with Gasteiger partial charge in [-0.3, -0.25) is 9.69 Å². The van der Waals surface area contributed by atoms with Crippen molar-refractivity contribution in [3.05, 3.63) is 28.8 Å². The number of benzene rings is 1. The fourth-order valence-electron chi connectivity index (χ4n) is 4.13. The number of rotatable bonds is 6. The minimum absolute atomic E-state index is 0.0522. The van der Waals surface area contributed by atoms with Gasteiger partial charge in [-0.1, -0.05) is 24.6 Å². The van der Waals surface area contributed by atoms with Gasteiger partial charge in [-0.25, -0.2) is 8.42 Å². The normalized spacial score (nSPS) is 22.4. The zero-order valence-corrected chi connectivity index (χ0v) is 18.3. The quantitative estimate of drug-likeness (QED) is 0.696. The summed E-state index contributed by atoms with van der Waals surface area (Å²) in [4.78, 5) is 19.2. The lowest BCUT2D eigenvalue weighted by atomic mass is 10.1. The molecule has 8 heteroatoms. The highest BCUT2D eigenvalue weighted by Crippen LogP contribution is 2.25. The van der Waals surface area contributed by atoms with Crippen molar-refractivity contribution >= 4 is 33.0 Å². The van der Waals surface area contributed by atoms with Gasteiger partial charge in [0.15, 0.2) is 9.84 Å².